The molecule has 1 aliphatic rings. The first-order chi connectivity index (χ1) is 14.9. The Bertz CT molecular complexity index is 964. The van der Waals surface area contributed by atoms with Crippen LogP contribution in [0.15, 0.2) is 30.3 Å². The number of methoxy groups -OCH3 is 2. The molecule has 1 aromatic carbocycles. The molecule has 2 amide bonds. The molecule has 1 aliphatic heterocycles. The Labute approximate surface area is 178 Å². The van der Waals surface area contributed by atoms with Gasteiger partial charge in [-0.25, -0.2) is 8.78 Å². The summed E-state index contributed by atoms with van der Waals surface area (Å²) in [4.78, 5) is 30.2. The number of piperidine rings is 1. The number of carbonyl (C=O) groups is 2. The van der Waals surface area contributed by atoms with Gasteiger partial charge in [-0.2, -0.15) is 4.98 Å². The lowest BCUT2D eigenvalue weighted by atomic mass is 9.86. The summed E-state index contributed by atoms with van der Waals surface area (Å²) in [6.07, 6.45) is 0.671. The lowest BCUT2D eigenvalue weighted by molar-refractivity contribution is -0.128. The molecule has 0 aliphatic carbocycles. The third-order valence-electron chi connectivity index (χ3n) is 5.18. The van der Waals surface area contributed by atoms with Crippen molar-refractivity contribution in [1.29, 1.82) is 0 Å². The van der Waals surface area contributed by atoms with Crippen LogP contribution in [0.3, 0.4) is 0 Å². The van der Waals surface area contributed by atoms with E-state index in [0.29, 0.717) is 25.9 Å². The molecule has 0 unspecified atom stereocenters. The van der Waals surface area contributed by atoms with Gasteiger partial charge in [0.15, 0.2) is 0 Å². The third-order valence-corrected chi connectivity index (χ3v) is 5.18. The summed E-state index contributed by atoms with van der Waals surface area (Å²) in [5.74, 6) is -2.09. The van der Waals surface area contributed by atoms with Crippen LogP contribution in [-0.2, 0) is 11.3 Å². The maximum Gasteiger partial charge on any atom is 0.257 e. The minimum Gasteiger partial charge on any atom is -0.481 e. The van der Waals surface area contributed by atoms with Crippen molar-refractivity contribution in [3.63, 3.8) is 0 Å². The van der Waals surface area contributed by atoms with Crippen molar-refractivity contribution in [1.82, 2.24) is 20.9 Å². The summed E-state index contributed by atoms with van der Waals surface area (Å²) in [6.45, 7) is 0.886. The van der Waals surface area contributed by atoms with E-state index in [4.69, 9.17) is 9.47 Å². The monoisotopic (exact) mass is 434 g/mol. The Hall–Kier alpha value is -3.27. The van der Waals surface area contributed by atoms with Crippen molar-refractivity contribution in [2.45, 2.75) is 24.9 Å². The molecule has 31 heavy (non-hydrogen) atoms. The highest BCUT2D eigenvalue weighted by atomic mass is 19.1. The maximum atomic E-state index is 13.9. The second-order valence-corrected chi connectivity index (χ2v) is 7.12. The normalized spacial score (nSPS) is 15.1. The number of benzene rings is 1. The molecule has 1 aromatic heterocycles. The zero-order chi connectivity index (χ0) is 22.4. The zero-order valence-corrected chi connectivity index (χ0v) is 17.3. The van der Waals surface area contributed by atoms with Gasteiger partial charge in [0.05, 0.1) is 14.2 Å². The van der Waals surface area contributed by atoms with Gasteiger partial charge >= 0.3 is 0 Å². The van der Waals surface area contributed by atoms with Crippen molar-refractivity contribution in [2.75, 3.05) is 27.3 Å². The van der Waals surface area contributed by atoms with Crippen LogP contribution in [0.4, 0.5) is 8.78 Å². The molecule has 10 heteroatoms. The van der Waals surface area contributed by atoms with E-state index in [1.54, 1.807) is 0 Å². The molecule has 166 valence electrons. The fourth-order valence-electron chi connectivity index (χ4n) is 3.42. The number of hydrogen-bond donors (Lipinski definition) is 3. The van der Waals surface area contributed by atoms with Crippen LogP contribution in [0.2, 0.25) is 0 Å². The van der Waals surface area contributed by atoms with Crippen LogP contribution < -0.4 is 25.4 Å². The topological polar surface area (TPSA) is 102 Å². The van der Waals surface area contributed by atoms with Gasteiger partial charge in [-0.3, -0.25) is 9.59 Å². The first-order valence-corrected chi connectivity index (χ1v) is 9.73. The van der Waals surface area contributed by atoms with Crippen molar-refractivity contribution in [3.05, 3.63) is 53.1 Å². The highest BCUT2D eigenvalue weighted by Crippen LogP contribution is 2.24. The lowest BCUT2D eigenvalue weighted by Gasteiger charge is -2.37. The first kappa shape index (κ1) is 22.4. The van der Waals surface area contributed by atoms with Crippen LogP contribution in [-0.4, -0.2) is 49.6 Å². The van der Waals surface area contributed by atoms with Gasteiger partial charge in [0.1, 0.15) is 22.7 Å². The Morgan fingerprint density at radius 1 is 1.13 bits per heavy atom. The summed E-state index contributed by atoms with van der Waals surface area (Å²) in [5.41, 5.74) is -0.908. The van der Waals surface area contributed by atoms with Crippen LogP contribution in [0.5, 0.6) is 11.8 Å². The molecule has 2 heterocycles. The van der Waals surface area contributed by atoms with E-state index < -0.39 is 29.0 Å². The second-order valence-electron chi connectivity index (χ2n) is 7.12. The third kappa shape index (κ3) is 5.08. The smallest absolute Gasteiger partial charge is 0.257 e. The van der Waals surface area contributed by atoms with Gasteiger partial charge in [-0.1, -0.05) is 6.07 Å². The van der Waals surface area contributed by atoms with Gasteiger partial charge in [0.25, 0.3) is 5.91 Å². The number of aromatic nitrogens is 1. The van der Waals surface area contributed by atoms with E-state index in [1.165, 1.54) is 32.4 Å². The molecule has 0 radical (unpaired) electrons. The van der Waals surface area contributed by atoms with Gasteiger partial charge in [-0.15, -0.1) is 0 Å². The molecule has 3 rings (SSSR count). The maximum absolute atomic E-state index is 13.9. The summed E-state index contributed by atoms with van der Waals surface area (Å²) < 4.78 is 37.2. The molecule has 0 spiro atoms. The summed E-state index contributed by atoms with van der Waals surface area (Å²) >= 11 is 0. The van der Waals surface area contributed by atoms with Crippen molar-refractivity contribution >= 4 is 11.8 Å². The van der Waals surface area contributed by atoms with E-state index in [0.717, 1.165) is 12.1 Å². The molecule has 0 atom stereocenters. The summed E-state index contributed by atoms with van der Waals surface area (Å²) in [5, 5.41) is 8.63. The Morgan fingerprint density at radius 2 is 1.87 bits per heavy atom. The van der Waals surface area contributed by atoms with E-state index in [1.807, 2.05) is 0 Å². The fraction of sp³-hybridized carbons (Fsp3) is 0.381. The van der Waals surface area contributed by atoms with E-state index in [2.05, 4.69) is 20.9 Å². The average molecular weight is 434 g/mol. The lowest BCUT2D eigenvalue weighted by Crippen LogP contribution is -2.62. The zero-order valence-electron chi connectivity index (χ0n) is 17.3. The number of hydrogen-bond acceptors (Lipinski definition) is 6. The summed E-state index contributed by atoms with van der Waals surface area (Å²) in [6, 6.07) is 6.17. The van der Waals surface area contributed by atoms with E-state index in [-0.39, 0.29) is 29.4 Å². The van der Waals surface area contributed by atoms with Crippen LogP contribution >= 0.6 is 0 Å². The second kappa shape index (κ2) is 9.69. The SMILES string of the molecule is COc1ccc(C(=O)NC2(C(=O)NCc3ccc(F)cc3F)CCNCC2)c(OC)n1. The predicted octanol–water partition coefficient (Wildman–Crippen LogP) is 1.55. The predicted molar refractivity (Wildman–Crippen MR) is 108 cm³/mol. The van der Waals surface area contributed by atoms with Crippen LogP contribution in [0, 0.1) is 11.6 Å². The molecule has 0 saturated carbocycles. The molecule has 1 saturated heterocycles. The number of nitrogens with one attached hydrogen (secondary N) is 3. The average Bonchev–Trinajstić information content (AvgIpc) is 2.78. The number of rotatable bonds is 7. The quantitative estimate of drug-likeness (QED) is 0.611. The standard InChI is InChI=1S/C21H24F2N4O4/c1-30-17-6-5-15(19(26-17)31-2)18(28)27-21(7-9-24-10-8-21)20(29)25-12-13-3-4-14(22)11-16(13)23/h3-6,11,24H,7-10,12H2,1-2H3,(H,25,29)(H,27,28). The van der Waals surface area contributed by atoms with Gasteiger partial charge < -0.3 is 25.4 Å². The highest BCUT2D eigenvalue weighted by Gasteiger charge is 2.41. The number of pyridine rings is 1. The molecule has 0 bridgehead atoms. The first-order valence-electron chi connectivity index (χ1n) is 9.73. The Kier molecular flexibility index (Phi) is 7.01. The fourth-order valence-corrected chi connectivity index (χ4v) is 3.42. The van der Waals surface area contributed by atoms with E-state index in [9.17, 15) is 18.4 Å². The van der Waals surface area contributed by atoms with Crippen LogP contribution in [0.25, 0.3) is 0 Å². The number of halogens is 2. The van der Waals surface area contributed by atoms with E-state index >= 15 is 0 Å². The van der Waals surface area contributed by atoms with Gasteiger partial charge in [0.2, 0.25) is 17.7 Å². The van der Waals surface area contributed by atoms with Gasteiger partial charge in [0, 0.05) is 24.2 Å². The minimum absolute atomic E-state index is 0.0646. The van der Waals surface area contributed by atoms with Gasteiger partial charge in [-0.05, 0) is 38.1 Å². The van der Waals surface area contributed by atoms with Crippen molar-refractivity contribution in [3.8, 4) is 11.8 Å². The number of amides is 2. The molecular weight excluding hydrogens is 410 g/mol. The minimum atomic E-state index is -1.20. The molecule has 1 fully saturated rings. The van der Waals surface area contributed by atoms with Crippen molar-refractivity contribution < 1.29 is 27.8 Å². The van der Waals surface area contributed by atoms with Crippen LogP contribution in [0.1, 0.15) is 28.8 Å². The molecule has 3 N–H and O–H groups in total. The number of carbonyl (C=O) groups excluding carboxylic acids is 2. The Morgan fingerprint density at radius 3 is 2.52 bits per heavy atom. The number of ether oxygens (including phenoxy) is 2. The van der Waals surface area contributed by atoms with Crippen molar-refractivity contribution in [2.24, 2.45) is 0 Å². The molecule has 8 nitrogen and oxygen atoms in total. The highest BCUT2D eigenvalue weighted by molar-refractivity contribution is 6.00. The number of nitrogens with zero attached hydrogens (tertiary/aromatic N) is 1. The summed E-state index contributed by atoms with van der Waals surface area (Å²) in [7, 11) is 2.82. The largest absolute Gasteiger partial charge is 0.481 e. The Balaban J connectivity index is 1.78. The molecular formula is C21H24F2N4O4. The molecule has 2 aromatic rings.